The molecule has 0 aliphatic carbocycles. The first-order valence-corrected chi connectivity index (χ1v) is 13.1. The zero-order valence-electron chi connectivity index (χ0n) is 24.7. The smallest absolute Gasteiger partial charge is 0.166 e. The Hall–Kier alpha value is -4.23. The molecule has 0 spiro atoms. The van der Waals surface area contributed by atoms with Gasteiger partial charge in [0.1, 0.15) is 0 Å². The third kappa shape index (κ3) is 9.43. The van der Waals surface area contributed by atoms with Gasteiger partial charge in [-0.2, -0.15) is 119 Å². The highest BCUT2D eigenvalue weighted by atomic mass is 19.4. The Kier molecular flexibility index (Phi) is 10.8. The highest BCUT2D eigenvalue weighted by Gasteiger charge is 2.55. The first-order chi connectivity index (χ1) is 24.0. The number of rotatable bonds is 3. The lowest BCUT2D eigenvalue weighted by molar-refractivity contribution is -0.150. The summed E-state index contributed by atoms with van der Waals surface area (Å²) in [6.07, 6.45) is -62.0. The molecule has 0 saturated heterocycles. The SMILES string of the molecule is FC(F)(F)c1cc(C(F)(F)F)c([C](c2c(C(F)(F)F)cc(C(F)(F)F)cc2C(F)(F)F)c2c(C(F)(F)F)cc(C(F)(F)F)cc2C(F)(F)F)c(C(F)(F)F)c1. The van der Waals surface area contributed by atoms with Gasteiger partial charge in [-0.3, -0.25) is 0 Å². The average molecular weight is 855 g/mol. The fraction of sp³-hybridized carbons (Fsp3) is 0.321. The molecular weight excluding hydrogens is 849 g/mol. The Morgan fingerprint density at radius 2 is 0.345 bits per heavy atom. The van der Waals surface area contributed by atoms with E-state index in [4.69, 9.17) is 0 Å². The monoisotopic (exact) mass is 855 g/mol. The van der Waals surface area contributed by atoms with Gasteiger partial charge in [0.05, 0.1) is 56.0 Å². The van der Waals surface area contributed by atoms with Gasteiger partial charge < -0.3 is 0 Å². The summed E-state index contributed by atoms with van der Waals surface area (Å²) in [5.74, 6) is -3.99. The van der Waals surface area contributed by atoms with Gasteiger partial charge in [0, 0.05) is 0 Å². The molecule has 3 rings (SSSR count). The first kappa shape index (κ1) is 45.2. The van der Waals surface area contributed by atoms with Crippen molar-refractivity contribution < 1.29 is 119 Å². The van der Waals surface area contributed by atoms with Gasteiger partial charge in [-0.1, -0.05) is 0 Å². The van der Waals surface area contributed by atoms with Gasteiger partial charge in [-0.05, 0) is 53.1 Å². The van der Waals surface area contributed by atoms with Crippen molar-refractivity contribution in [1.29, 1.82) is 0 Å². The van der Waals surface area contributed by atoms with E-state index in [-0.39, 0.29) is 0 Å². The summed E-state index contributed by atoms with van der Waals surface area (Å²) in [4.78, 5) is 0. The minimum Gasteiger partial charge on any atom is -0.166 e. The highest BCUT2D eigenvalue weighted by Crippen LogP contribution is 2.57. The van der Waals surface area contributed by atoms with Crippen molar-refractivity contribution >= 4 is 0 Å². The Labute approximate surface area is 284 Å². The quantitative estimate of drug-likeness (QED) is 0.182. The van der Waals surface area contributed by atoms with Crippen LogP contribution in [0.1, 0.15) is 66.8 Å². The van der Waals surface area contributed by atoms with Crippen LogP contribution in [-0.4, -0.2) is 0 Å². The van der Waals surface area contributed by atoms with E-state index in [0.717, 1.165) is 0 Å². The zero-order chi connectivity index (χ0) is 43.2. The third-order valence-electron chi connectivity index (χ3n) is 6.98. The van der Waals surface area contributed by atoms with Gasteiger partial charge in [0.15, 0.2) is 0 Å². The van der Waals surface area contributed by atoms with Gasteiger partial charge in [-0.15, -0.1) is 0 Å². The second-order valence-electron chi connectivity index (χ2n) is 10.7. The van der Waals surface area contributed by atoms with Crippen LogP contribution in [0.25, 0.3) is 0 Å². The standard InChI is InChI=1S/C28H6F27/c29-20(30,31)7-1-10(23(38,39)40)16(11(2-7)24(41,42)43)19(17-12(25(44,45)46)3-8(21(32,33)34)4-13(17)26(47,48)49)18-14(27(50,51)52)5-9(22(35,36)37)6-15(18)28(53,54)55/h1-6H. The molecule has 0 saturated carbocycles. The van der Waals surface area contributed by atoms with Crippen molar-refractivity contribution in [3.8, 4) is 0 Å². The molecule has 0 amide bonds. The third-order valence-corrected chi connectivity index (χ3v) is 6.98. The summed E-state index contributed by atoms with van der Waals surface area (Å²) < 4.78 is 381. The number of hydrogen-bond donors (Lipinski definition) is 0. The van der Waals surface area contributed by atoms with E-state index in [2.05, 4.69) is 0 Å². The Morgan fingerprint density at radius 1 is 0.218 bits per heavy atom. The van der Waals surface area contributed by atoms with Crippen LogP contribution in [0.5, 0.6) is 0 Å². The molecule has 0 bridgehead atoms. The van der Waals surface area contributed by atoms with Crippen LogP contribution in [0.2, 0.25) is 0 Å². The van der Waals surface area contributed by atoms with Crippen molar-refractivity contribution in [3.05, 3.63) is 109 Å². The van der Waals surface area contributed by atoms with Crippen molar-refractivity contribution in [2.75, 3.05) is 0 Å². The van der Waals surface area contributed by atoms with Gasteiger partial charge >= 0.3 is 55.6 Å². The minimum atomic E-state index is -7.10. The van der Waals surface area contributed by atoms with E-state index < -0.39 is 165 Å². The molecule has 0 heterocycles. The van der Waals surface area contributed by atoms with E-state index >= 15 is 0 Å². The second kappa shape index (κ2) is 13.2. The minimum absolute atomic E-state index is 1.64. The van der Waals surface area contributed by atoms with Gasteiger partial charge in [0.25, 0.3) is 0 Å². The van der Waals surface area contributed by atoms with Crippen LogP contribution >= 0.6 is 0 Å². The van der Waals surface area contributed by atoms with Crippen molar-refractivity contribution in [2.24, 2.45) is 0 Å². The fourth-order valence-electron chi connectivity index (χ4n) is 4.94. The Morgan fingerprint density at radius 3 is 0.436 bits per heavy atom. The lowest BCUT2D eigenvalue weighted by Gasteiger charge is -2.34. The van der Waals surface area contributed by atoms with Crippen LogP contribution in [0.15, 0.2) is 36.4 Å². The molecule has 0 atom stereocenters. The first-order valence-electron chi connectivity index (χ1n) is 13.1. The van der Waals surface area contributed by atoms with Gasteiger partial charge in [-0.25, -0.2) is 0 Å². The lowest BCUT2D eigenvalue weighted by Crippen LogP contribution is -2.30. The van der Waals surface area contributed by atoms with Crippen molar-refractivity contribution in [2.45, 2.75) is 55.6 Å². The molecule has 0 unspecified atom stereocenters. The molecule has 0 aliphatic rings. The average Bonchev–Trinajstić information content (AvgIpc) is 2.92. The molecule has 0 N–H and O–H groups in total. The number of benzene rings is 3. The molecule has 27 heteroatoms. The maximum Gasteiger partial charge on any atom is 0.416 e. The maximum absolute atomic E-state index is 14.4. The van der Waals surface area contributed by atoms with Gasteiger partial charge in [0.2, 0.25) is 0 Å². The predicted octanol–water partition coefficient (Wildman–Crippen LogP) is 13.9. The summed E-state index contributed by atoms with van der Waals surface area (Å²) in [7, 11) is 0. The molecule has 0 aromatic heterocycles. The normalized spacial score (nSPS) is 14.6. The molecule has 307 valence electrons. The largest absolute Gasteiger partial charge is 0.416 e. The second-order valence-corrected chi connectivity index (χ2v) is 10.7. The summed E-state index contributed by atoms with van der Waals surface area (Å²) in [6.45, 7) is 0. The molecule has 55 heavy (non-hydrogen) atoms. The van der Waals surface area contributed by atoms with Crippen molar-refractivity contribution in [3.63, 3.8) is 0 Å². The Balaban J connectivity index is 3.14. The van der Waals surface area contributed by atoms with E-state index in [9.17, 15) is 119 Å². The highest BCUT2D eigenvalue weighted by molar-refractivity contribution is 5.72. The van der Waals surface area contributed by atoms with E-state index in [1.54, 1.807) is 0 Å². The Bertz CT molecular complexity index is 1580. The molecular formula is C28H6F27. The zero-order valence-corrected chi connectivity index (χ0v) is 24.7. The van der Waals surface area contributed by atoms with Crippen LogP contribution in [0.4, 0.5) is 119 Å². The topological polar surface area (TPSA) is 0 Å². The van der Waals surface area contributed by atoms with E-state index in [1.165, 1.54) is 0 Å². The molecule has 0 nitrogen and oxygen atoms in total. The summed E-state index contributed by atoms with van der Waals surface area (Å²) in [6, 6.07) is -9.83. The van der Waals surface area contributed by atoms with Crippen LogP contribution in [-0.2, 0) is 55.6 Å². The maximum atomic E-state index is 14.4. The van der Waals surface area contributed by atoms with Crippen molar-refractivity contribution in [1.82, 2.24) is 0 Å². The number of alkyl halides is 27. The number of hydrogen-bond acceptors (Lipinski definition) is 0. The van der Waals surface area contributed by atoms with Crippen LogP contribution in [0, 0.1) is 5.92 Å². The predicted molar refractivity (Wildman–Crippen MR) is 125 cm³/mol. The molecule has 1 radical (unpaired) electrons. The lowest BCUT2D eigenvalue weighted by atomic mass is 9.72. The molecule has 0 aliphatic heterocycles. The summed E-state index contributed by atoms with van der Waals surface area (Å²) in [5.41, 5.74) is -44.7. The molecule has 3 aromatic carbocycles. The van der Waals surface area contributed by atoms with E-state index in [1.807, 2.05) is 0 Å². The van der Waals surface area contributed by atoms with Crippen LogP contribution in [0.3, 0.4) is 0 Å². The molecule has 0 fully saturated rings. The fourth-order valence-corrected chi connectivity index (χ4v) is 4.94. The van der Waals surface area contributed by atoms with Crippen LogP contribution < -0.4 is 0 Å². The van der Waals surface area contributed by atoms with E-state index in [0.29, 0.717) is 0 Å². The summed E-state index contributed by atoms with van der Waals surface area (Å²) >= 11 is 0. The molecule has 3 aromatic rings. The number of halogens is 27. The summed E-state index contributed by atoms with van der Waals surface area (Å²) in [5, 5.41) is 0.